The number of fused-ring (bicyclic) bond motifs is 1. The Balaban J connectivity index is 2.03. The van der Waals surface area contributed by atoms with Crippen LogP contribution in [0.3, 0.4) is 0 Å². The zero-order valence-electron chi connectivity index (χ0n) is 16.8. The fourth-order valence-corrected chi connectivity index (χ4v) is 4.02. The van der Waals surface area contributed by atoms with Crippen LogP contribution in [0, 0.1) is 13.8 Å². The molecule has 1 N–H and O–H groups in total. The molecule has 0 aliphatic carbocycles. The van der Waals surface area contributed by atoms with E-state index in [1.54, 1.807) is 18.2 Å². The monoisotopic (exact) mass is 399 g/mol. The molecule has 6 heteroatoms. The molecule has 0 aliphatic heterocycles. The molecule has 0 radical (unpaired) electrons. The molecule has 0 aliphatic rings. The Bertz CT molecular complexity index is 1210. The van der Waals surface area contributed by atoms with Gasteiger partial charge in [0.2, 0.25) is 0 Å². The highest BCUT2D eigenvalue weighted by atomic mass is 32.2. The van der Waals surface area contributed by atoms with Crippen LogP contribution in [-0.4, -0.2) is 14.7 Å². The van der Waals surface area contributed by atoms with Crippen LogP contribution in [-0.2, 0) is 16.4 Å². The normalized spacial score (nSPS) is 11.9. The standard InChI is InChI=1S/C22H25NO4S/c1-13(2)18-11-19-16(9-22(24)27-21(19)8-15(18)4)12-23-20-10-17(28(5,25)26)7-6-14(20)3/h6-11,13,23H,12H2,1-5H3. The van der Waals surface area contributed by atoms with Crippen molar-refractivity contribution in [2.75, 3.05) is 11.6 Å². The Morgan fingerprint density at radius 1 is 1.04 bits per heavy atom. The van der Waals surface area contributed by atoms with Crippen LogP contribution in [0.25, 0.3) is 11.0 Å². The summed E-state index contributed by atoms with van der Waals surface area (Å²) in [5.41, 5.74) is 4.93. The largest absolute Gasteiger partial charge is 0.423 e. The molecule has 0 unspecified atom stereocenters. The second-order valence-corrected chi connectivity index (χ2v) is 9.57. The molecule has 0 atom stereocenters. The van der Waals surface area contributed by atoms with Crippen LogP contribution < -0.4 is 10.9 Å². The first-order chi connectivity index (χ1) is 13.1. The van der Waals surface area contributed by atoms with Gasteiger partial charge in [0.25, 0.3) is 0 Å². The van der Waals surface area contributed by atoms with E-state index < -0.39 is 15.5 Å². The number of hydrogen-bond donors (Lipinski definition) is 1. The van der Waals surface area contributed by atoms with Crippen molar-refractivity contribution in [1.82, 2.24) is 0 Å². The second kappa shape index (κ2) is 7.43. The maximum absolute atomic E-state index is 12.0. The molecule has 0 saturated heterocycles. The van der Waals surface area contributed by atoms with E-state index in [0.717, 1.165) is 27.8 Å². The van der Waals surface area contributed by atoms with Gasteiger partial charge >= 0.3 is 5.63 Å². The molecule has 3 aromatic rings. The van der Waals surface area contributed by atoms with E-state index in [4.69, 9.17) is 4.42 Å². The van der Waals surface area contributed by atoms with E-state index in [-0.39, 0.29) is 4.90 Å². The van der Waals surface area contributed by atoms with Gasteiger partial charge in [0.15, 0.2) is 9.84 Å². The molecule has 0 spiro atoms. The first kappa shape index (κ1) is 20.1. The number of rotatable bonds is 5. The van der Waals surface area contributed by atoms with E-state index >= 15 is 0 Å². The predicted molar refractivity (Wildman–Crippen MR) is 113 cm³/mol. The summed E-state index contributed by atoms with van der Waals surface area (Å²) in [5.74, 6) is 0.353. The van der Waals surface area contributed by atoms with Crippen LogP contribution in [0.5, 0.6) is 0 Å². The second-order valence-electron chi connectivity index (χ2n) is 7.55. The van der Waals surface area contributed by atoms with E-state index in [1.165, 1.54) is 17.9 Å². The molecule has 0 saturated carbocycles. The van der Waals surface area contributed by atoms with Crippen molar-refractivity contribution >= 4 is 26.5 Å². The van der Waals surface area contributed by atoms with Gasteiger partial charge in [0, 0.05) is 29.9 Å². The van der Waals surface area contributed by atoms with E-state index in [2.05, 4.69) is 25.2 Å². The van der Waals surface area contributed by atoms with Gasteiger partial charge in [-0.15, -0.1) is 0 Å². The molecule has 1 heterocycles. The highest BCUT2D eigenvalue weighted by molar-refractivity contribution is 7.90. The van der Waals surface area contributed by atoms with Gasteiger partial charge in [-0.3, -0.25) is 0 Å². The molecular formula is C22H25NO4S. The number of hydrogen-bond acceptors (Lipinski definition) is 5. The minimum Gasteiger partial charge on any atom is -0.423 e. The summed E-state index contributed by atoms with van der Waals surface area (Å²) in [7, 11) is -3.29. The van der Waals surface area contributed by atoms with Crippen molar-refractivity contribution in [3.63, 3.8) is 0 Å². The lowest BCUT2D eigenvalue weighted by Gasteiger charge is -2.15. The summed E-state index contributed by atoms with van der Waals surface area (Å²) in [6.07, 6.45) is 1.19. The van der Waals surface area contributed by atoms with Gasteiger partial charge in [-0.25, -0.2) is 13.2 Å². The van der Waals surface area contributed by atoms with Gasteiger partial charge in [-0.2, -0.15) is 0 Å². The van der Waals surface area contributed by atoms with Gasteiger partial charge in [-0.1, -0.05) is 19.9 Å². The molecule has 0 fully saturated rings. The summed E-state index contributed by atoms with van der Waals surface area (Å²) < 4.78 is 29.1. The summed E-state index contributed by atoms with van der Waals surface area (Å²) in [6.45, 7) is 8.57. The van der Waals surface area contributed by atoms with E-state index in [9.17, 15) is 13.2 Å². The number of nitrogens with one attached hydrogen (secondary N) is 1. The molecular weight excluding hydrogens is 374 g/mol. The highest BCUT2D eigenvalue weighted by Crippen LogP contribution is 2.28. The molecule has 0 bridgehead atoms. The number of aryl methyl sites for hydroxylation is 2. The zero-order chi connectivity index (χ0) is 20.6. The molecule has 3 rings (SSSR count). The van der Waals surface area contributed by atoms with Crippen LogP contribution >= 0.6 is 0 Å². The number of sulfone groups is 1. The molecule has 2 aromatic carbocycles. The van der Waals surface area contributed by atoms with Crippen molar-refractivity contribution in [3.05, 3.63) is 69.1 Å². The number of benzene rings is 2. The summed E-state index contributed by atoms with van der Waals surface area (Å²) in [5, 5.41) is 4.17. The SMILES string of the molecule is Cc1ccc(S(C)(=O)=O)cc1NCc1cc(=O)oc2cc(C)c(C(C)C)cc12. The van der Waals surface area contributed by atoms with Crippen molar-refractivity contribution in [2.45, 2.75) is 45.1 Å². The summed E-state index contributed by atoms with van der Waals surface area (Å²) in [6, 6.07) is 10.5. The van der Waals surface area contributed by atoms with Crippen LogP contribution in [0.4, 0.5) is 5.69 Å². The third kappa shape index (κ3) is 4.12. The lowest BCUT2D eigenvalue weighted by Crippen LogP contribution is -2.08. The van der Waals surface area contributed by atoms with Gasteiger partial charge < -0.3 is 9.73 Å². The Labute approximate surface area is 165 Å². The van der Waals surface area contributed by atoms with Gasteiger partial charge in [-0.05, 0) is 66.3 Å². The quantitative estimate of drug-likeness (QED) is 0.637. The van der Waals surface area contributed by atoms with Crippen molar-refractivity contribution in [1.29, 1.82) is 0 Å². The zero-order valence-corrected chi connectivity index (χ0v) is 17.6. The minimum absolute atomic E-state index is 0.260. The van der Waals surface area contributed by atoms with Crippen molar-refractivity contribution < 1.29 is 12.8 Å². The van der Waals surface area contributed by atoms with Gasteiger partial charge in [0.1, 0.15) is 5.58 Å². The first-order valence-electron chi connectivity index (χ1n) is 9.18. The molecule has 1 aromatic heterocycles. The molecule has 28 heavy (non-hydrogen) atoms. The summed E-state index contributed by atoms with van der Waals surface area (Å²) in [4.78, 5) is 12.3. The minimum atomic E-state index is -3.29. The van der Waals surface area contributed by atoms with Crippen LogP contribution in [0.15, 0.2) is 50.5 Å². The lowest BCUT2D eigenvalue weighted by molar-refractivity contribution is 0.558. The Morgan fingerprint density at radius 3 is 2.39 bits per heavy atom. The number of anilines is 1. The van der Waals surface area contributed by atoms with Gasteiger partial charge in [0.05, 0.1) is 4.90 Å². The maximum Gasteiger partial charge on any atom is 0.336 e. The average molecular weight is 400 g/mol. The fourth-order valence-electron chi connectivity index (χ4n) is 3.37. The van der Waals surface area contributed by atoms with Crippen molar-refractivity contribution in [3.8, 4) is 0 Å². The van der Waals surface area contributed by atoms with Crippen LogP contribution in [0.1, 0.15) is 42.0 Å². The maximum atomic E-state index is 12.0. The van der Waals surface area contributed by atoms with E-state index in [0.29, 0.717) is 18.0 Å². The predicted octanol–water partition coefficient (Wildman–Crippen LogP) is 4.55. The van der Waals surface area contributed by atoms with Crippen LogP contribution in [0.2, 0.25) is 0 Å². The fraction of sp³-hybridized carbons (Fsp3) is 0.318. The third-order valence-electron chi connectivity index (χ3n) is 4.95. The highest BCUT2D eigenvalue weighted by Gasteiger charge is 2.13. The molecule has 5 nitrogen and oxygen atoms in total. The first-order valence-corrected chi connectivity index (χ1v) is 11.1. The Hall–Kier alpha value is -2.60. The molecule has 0 amide bonds. The average Bonchev–Trinajstić information content (AvgIpc) is 2.58. The summed E-state index contributed by atoms with van der Waals surface area (Å²) >= 11 is 0. The lowest BCUT2D eigenvalue weighted by atomic mass is 9.95. The van der Waals surface area contributed by atoms with E-state index in [1.807, 2.05) is 19.9 Å². The Kier molecular flexibility index (Phi) is 5.35. The smallest absolute Gasteiger partial charge is 0.336 e. The van der Waals surface area contributed by atoms with Crippen molar-refractivity contribution in [2.24, 2.45) is 0 Å². The topological polar surface area (TPSA) is 76.4 Å². The third-order valence-corrected chi connectivity index (χ3v) is 6.06. The Morgan fingerprint density at radius 2 is 1.75 bits per heavy atom. The molecule has 148 valence electrons.